The number of carbonyl (C=O) groups is 2. The molecule has 5 rings (SSSR count). The zero-order valence-corrected chi connectivity index (χ0v) is 15.6. The van der Waals surface area contributed by atoms with Gasteiger partial charge in [-0.1, -0.05) is 18.2 Å². The third kappa shape index (κ3) is 2.28. The molecule has 6 heteroatoms. The highest BCUT2D eigenvalue weighted by Gasteiger charge is 2.52. The summed E-state index contributed by atoms with van der Waals surface area (Å²) in [5.74, 6) is 0.135. The van der Waals surface area contributed by atoms with Crippen LogP contribution in [-0.4, -0.2) is 46.6 Å². The van der Waals surface area contributed by atoms with Crippen LogP contribution in [0.2, 0.25) is 0 Å². The molecule has 0 saturated carbocycles. The molecule has 1 saturated heterocycles. The summed E-state index contributed by atoms with van der Waals surface area (Å²) in [6, 6.07) is 8.00. The predicted octanol–water partition coefficient (Wildman–Crippen LogP) is 2.37. The average Bonchev–Trinajstić information content (AvgIpc) is 3.23. The molecule has 1 unspecified atom stereocenters. The van der Waals surface area contributed by atoms with E-state index in [0.29, 0.717) is 13.1 Å². The third-order valence-corrected chi connectivity index (χ3v) is 6.49. The van der Waals surface area contributed by atoms with Gasteiger partial charge in [0.2, 0.25) is 5.91 Å². The van der Waals surface area contributed by atoms with Crippen molar-refractivity contribution in [3.8, 4) is 0 Å². The van der Waals surface area contributed by atoms with E-state index in [1.54, 1.807) is 11.1 Å². The number of fused-ring (bicyclic) bond motifs is 3. The normalized spacial score (nSPS) is 24.3. The van der Waals surface area contributed by atoms with E-state index in [-0.39, 0.29) is 11.8 Å². The van der Waals surface area contributed by atoms with Gasteiger partial charge in [-0.3, -0.25) is 14.3 Å². The number of hydrogen-bond donors (Lipinski definition) is 0. The Balaban J connectivity index is 1.49. The number of anilines is 1. The number of likely N-dealkylation sites (tertiary alicyclic amines) is 1. The molecule has 2 amide bonds. The first-order chi connectivity index (χ1) is 13.1. The fourth-order valence-electron chi connectivity index (χ4n) is 5.11. The Labute approximate surface area is 158 Å². The third-order valence-electron chi connectivity index (χ3n) is 6.49. The SMILES string of the molecule is CN1C(=O)C2(CCCN(C(=O)c3cnn4c3CCCC4)C2)c2ccccc21. The van der Waals surface area contributed by atoms with Gasteiger partial charge < -0.3 is 9.80 Å². The molecule has 27 heavy (non-hydrogen) atoms. The van der Waals surface area contributed by atoms with Crippen LogP contribution >= 0.6 is 0 Å². The van der Waals surface area contributed by atoms with E-state index in [9.17, 15) is 9.59 Å². The molecule has 3 aliphatic rings. The van der Waals surface area contributed by atoms with Crippen LogP contribution in [-0.2, 0) is 23.2 Å². The van der Waals surface area contributed by atoms with Crippen molar-refractivity contribution in [1.82, 2.24) is 14.7 Å². The van der Waals surface area contributed by atoms with Crippen molar-refractivity contribution < 1.29 is 9.59 Å². The van der Waals surface area contributed by atoms with E-state index in [0.717, 1.165) is 61.2 Å². The first-order valence-electron chi connectivity index (χ1n) is 9.83. The Morgan fingerprint density at radius 1 is 1.15 bits per heavy atom. The molecule has 0 aliphatic carbocycles. The smallest absolute Gasteiger partial charge is 0.257 e. The van der Waals surface area contributed by atoms with Crippen LogP contribution in [0.1, 0.15) is 47.3 Å². The minimum absolute atomic E-state index is 0.0251. The van der Waals surface area contributed by atoms with Gasteiger partial charge in [0, 0.05) is 32.4 Å². The van der Waals surface area contributed by atoms with Gasteiger partial charge >= 0.3 is 0 Å². The Bertz CT molecular complexity index is 934. The topological polar surface area (TPSA) is 58.4 Å². The standard InChI is InChI=1S/C21H24N4O2/c1-23-18-9-3-2-7-16(18)21(20(23)27)10-6-11-24(14-21)19(26)15-13-22-25-12-5-4-8-17(15)25/h2-3,7,9,13H,4-6,8,10-12,14H2,1H3. The summed E-state index contributed by atoms with van der Waals surface area (Å²) in [7, 11) is 1.84. The van der Waals surface area contributed by atoms with E-state index < -0.39 is 5.41 Å². The Morgan fingerprint density at radius 2 is 2.00 bits per heavy atom. The van der Waals surface area contributed by atoms with E-state index in [1.165, 1.54) is 0 Å². The first kappa shape index (κ1) is 16.5. The number of hydrogen-bond acceptors (Lipinski definition) is 3. The lowest BCUT2D eigenvalue weighted by molar-refractivity contribution is -0.124. The van der Waals surface area contributed by atoms with Crippen molar-refractivity contribution in [2.24, 2.45) is 0 Å². The molecule has 2 aromatic rings. The largest absolute Gasteiger partial charge is 0.337 e. The highest BCUT2D eigenvalue weighted by atomic mass is 16.2. The number of amides is 2. The quantitative estimate of drug-likeness (QED) is 0.781. The molecule has 1 spiro atoms. The van der Waals surface area contributed by atoms with Crippen LogP contribution in [0.15, 0.2) is 30.5 Å². The lowest BCUT2D eigenvalue weighted by Crippen LogP contribution is -2.53. The fraction of sp³-hybridized carbons (Fsp3) is 0.476. The molecule has 4 heterocycles. The summed E-state index contributed by atoms with van der Waals surface area (Å²) in [6.07, 6.45) is 6.48. The van der Waals surface area contributed by atoms with E-state index in [1.807, 2.05) is 40.9 Å². The van der Waals surface area contributed by atoms with Gasteiger partial charge in [-0.05, 0) is 43.7 Å². The summed E-state index contributed by atoms with van der Waals surface area (Å²) in [5, 5.41) is 4.42. The van der Waals surface area contributed by atoms with E-state index in [4.69, 9.17) is 0 Å². The molecule has 1 atom stereocenters. The molecule has 6 nitrogen and oxygen atoms in total. The molecule has 0 N–H and O–H groups in total. The van der Waals surface area contributed by atoms with Gasteiger partial charge in [0.15, 0.2) is 0 Å². The van der Waals surface area contributed by atoms with Crippen molar-refractivity contribution >= 4 is 17.5 Å². The van der Waals surface area contributed by atoms with Crippen molar-refractivity contribution in [3.05, 3.63) is 47.3 Å². The molecule has 1 aromatic heterocycles. The maximum Gasteiger partial charge on any atom is 0.257 e. The Hall–Kier alpha value is -2.63. The number of piperidine rings is 1. The monoisotopic (exact) mass is 364 g/mol. The summed E-state index contributed by atoms with van der Waals surface area (Å²) >= 11 is 0. The molecule has 0 bridgehead atoms. The summed E-state index contributed by atoms with van der Waals surface area (Å²) in [6.45, 7) is 2.05. The zero-order chi connectivity index (χ0) is 18.6. The summed E-state index contributed by atoms with van der Waals surface area (Å²) in [5.41, 5.74) is 3.21. The second kappa shape index (κ2) is 5.94. The number of aromatic nitrogens is 2. The van der Waals surface area contributed by atoms with Crippen molar-refractivity contribution in [2.45, 2.75) is 44.1 Å². The van der Waals surface area contributed by atoms with Gasteiger partial charge in [-0.25, -0.2) is 0 Å². The second-order valence-electron chi connectivity index (χ2n) is 7.98. The summed E-state index contributed by atoms with van der Waals surface area (Å²) in [4.78, 5) is 30.2. The molecular formula is C21H24N4O2. The van der Waals surface area contributed by atoms with Crippen molar-refractivity contribution in [3.63, 3.8) is 0 Å². The summed E-state index contributed by atoms with van der Waals surface area (Å²) < 4.78 is 1.97. The lowest BCUT2D eigenvalue weighted by atomic mass is 9.75. The maximum absolute atomic E-state index is 13.3. The second-order valence-corrected chi connectivity index (χ2v) is 7.98. The van der Waals surface area contributed by atoms with Gasteiger partial charge in [0.25, 0.3) is 5.91 Å². The van der Waals surface area contributed by atoms with Crippen LogP contribution in [0.3, 0.4) is 0 Å². The van der Waals surface area contributed by atoms with Gasteiger partial charge in [-0.2, -0.15) is 5.10 Å². The fourth-order valence-corrected chi connectivity index (χ4v) is 5.11. The molecule has 0 radical (unpaired) electrons. The van der Waals surface area contributed by atoms with Crippen LogP contribution < -0.4 is 4.90 Å². The van der Waals surface area contributed by atoms with Gasteiger partial charge in [0.05, 0.1) is 22.9 Å². The number of para-hydroxylation sites is 1. The van der Waals surface area contributed by atoms with Gasteiger partial charge in [-0.15, -0.1) is 0 Å². The Morgan fingerprint density at radius 3 is 2.89 bits per heavy atom. The highest BCUT2D eigenvalue weighted by Crippen LogP contribution is 2.46. The van der Waals surface area contributed by atoms with Gasteiger partial charge in [0.1, 0.15) is 0 Å². The van der Waals surface area contributed by atoms with Crippen LogP contribution in [0.4, 0.5) is 5.69 Å². The minimum Gasteiger partial charge on any atom is -0.337 e. The minimum atomic E-state index is -0.605. The molecular weight excluding hydrogens is 340 g/mol. The highest BCUT2D eigenvalue weighted by molar-refractivity contribution is 6.08. The number of benzene rings is 1. The number of aryl methyl sites for hydroxylation is 1. The van der Waals surface area contributed by atoms with E-state index >= 15 is 0 Å². The molecule has 1 fully saturated rings. The predicted molar refractivity (Wildman–Crippen MR) is 102 cm³/mol. The number of rotatable bonds is 1. The Kier molecular flexibility index (Phi) is 3.64. The maximum atomic E-state index is 13.3. The van der Waals surface area contributed by atoms with Crippen molar-refractivity contribution in [2.75, 3.05) is 25.0 Å². The first-order valence-corrected chi connectivity index (χ1v) is 9.83. The number of nitrogens with zero attached hydrogens (tertiary/aromatic N) is 4. The average molecular weight is 364 g/mol. The van der Waals surface area contributed by atoms with Crippen LogP contribution in [0.5, 0.6) is 0 Å². The molecule has 140 valence electrons. The van der Waals surface area contributed by atoms with Crippen molar-refractivity contribution in [1.29, 1.82) is 0 Å². The molecule has 3 aliphatic heterocycles. The zero-order valence-electron chi connectivity index (χ0n) is 15.6. The number of likely N-dealkylation sites (N-methyl/N-ethyl adjacent to an activating group) is 1. The molecule has 1 aromatic carbocycles. The van der Waals surface area contributed by atoms with Crippen LogP contribution in [0, 0.1) is 0 Å². The van der Waals surface area contributed by atoms with Crippen LogP contribution in [0.25, 0.3) is 0 Å². The number of carbonyl (C=O) groups excluding carboxylic acids is 2. The lowest BCUT2D eigenvalue weighted by Gasteiger charge is -2.39. The van der Waals surface area contributed by atoms with E-state index in [2.05, 4.69) is 5.10 Å².